The third-order valence-corrected chi connectivity index (χ3v) is 4.00. The van der Waals surface area contributed by atoms with Gasteiger partial charge in [-0.15, -0.1) is 0 Å². The minimum absolute atomic E-state index is 0.435. The van der Waals surface area contributed by atoms with Crippen molar-refractivity contribution in [2.45, 2.75) is 51.5 Å². The van der Waals surface area contributed by atoms with Gasteiger partial charge >= 0.3 is 0 Å². The second-order valence-corrected chi connectivity index (χ2v) is 5.46. The van der Waals surface area contributed by atoms with E-state index in [0.29, 0.717) is 6.04 Å². The van der Waals surface area contributed by atoms with Crippen LogP contribution in [0.5, 0.6) is 0 Å². The average molecular weight is 270 g/mol. The standard InChI is InChI=1S/C18H26N2/c1-3-4-5-6-7-11-17(19-2)16-13-14-20-18-12-9-8-10-15(16)18/h8-10,12-14,17,19H,3-7,11H2,1-2H3. The highest BCUT2D eigenvalue weighted by atomic mass is 14.9. The number of nitrogens with zero attached hydrogens (tertiary/aromatic N) is 1. The number of fused-ring (bicyclic) bond motifs is 1. The fourth-order valence-electron chi connectivity index (χ4n) is 2.83. The second kappa shape index (κ2) is 8.01. The number of hydrogen-bond donors (Lipinski definition) is 1. The van der Waals surface area contributed by atoms with E-state index in [4.69, 9.17) is 0 Å². The minimum atomic E-state index is 0.435. The van der Waals surface area contributed by atoms with Crippen molar-refractivity contribution < 1.29 is 0 Å². The highest BCUT2D eigenvalue weighted by molar-refractivity contribution is 5.82. The first-order valence-corrected chi connectivity index (χ1v) is 7.87. The van der Waals surface area contributed by atoms with Crippen molar-refractivity contribution in [2.24, 2.45) is 0 Å². The van der Waals surface area contributed by atoms with Crippen molar-refractivity contribution in [1.82, 2.24) is 10.3 Å². The van der Waals surface area contributed by atoms with Crippen LogP contribution in [0.25, 0.3) is 10.9 Å². The molecule has 0 aliphatic carbocycles. The molecule has 0 amide bonds. The molecule has 0 aliphatic rings. The molecule has 2 rings (SSSR count). The third-order valence-electron chi connectivity index (χ3n) is 4.00. The van der Waals surface area contributed by atoms with Gasteiger partial charge in [0.2, 0.25) is 0 Å². The van der Waals surface area contributed by atoms with E-state index in [-0.39, 0.29) is 0 Å². The molecule has 0 aliphatic heterocycles. The summed E-state index contributed by atoms with van der Waals surface area (Å²) in [5.74, 6) is 0. The number of unbranched alkanes of at least 4 members (excludes halogenated alkanes) is 4. The molecule has 0 radical (unpaired) electrons. The number of rotatable bonds is 8. The first-order chi connectivity index (χ1) is 9.86. The molecule has 108 valence electrons. The normalized spacial score (nSPS) is 12.7. The Balaban J connectivity index is 2.05. The third kappa shape index (κ3) is 3.80. The second-order valence-electron chi connectivity index (χ2n) is 5.46. The zero-order valence-corrected chi connectivity index (χ0v) is 12.7. The molecule has 2 aromatic rings. The van der Waals surface area contributed by atoms with Gasteiger partial charge in [0.1, 0.15) is 0 Å². The Morgan fingerprint density at radius 2 is 1.85 bits per heavy atom. The molecule has 1 aromatic heterocycles. The molecule has 0 saturated carbocycles. The van der Waals surface area contributed by atoms with Crippen molar-refractivity contribution in [1.29, 1.82) is 0 Å². The van der Waals surface area contributed by atoms with Crippen molar-refractivity contribution in [2.75, 3.05) is 7.05 Å². The van der Waals surface area contributed by atoms with Crippen LogP contribution in [-0.4, -0.2) is 12.0 Å². The summed E-state index contributed by atoms with van der Waals surface area (Å²) in [4.78, 5) is 4.45. The first-order valence-electron chi connectivity index (χ1n) is 7.87. The quantitative estimate of drug-likeness (QED) is 0.693. The van der Waals surface area contributed by atoms with Crippen LogP contribution in [-0.2, 0) is 0 Å². The van der Waals surface area contributed by atoms with E-state index < -0.39 is 0 Å². The Morgan fingerprint density at radius 1 is 1.05 bits per heavy atom. The van der Waals surface area contributed by atoms with Gasteiger partial charge < -0.3 is 5.32 Å². The first kappa shape index (κ1) is 15.0. The molecule has 0 saturated heterocycles. The number of pyridine rings is 1. The number of para-hydroxylation sites is 1. The largest absolute Gasteiger partial charge is 0.313 e. The summed E-state index contributed by atoms with van der Waals surface area (Å²) in [5, 5.41) is 4.75. The summed E-state index contributed by atoms with van der Waals surface area (Å²) in [6, 6.07) is 11.0. The molecule has 1 atom stereocenters. The number of aromatic nitrogens is 1. The minimum Gasteiger partial charge on any atom is -0.313 e. The Kier molecular flexibility index (Phi) is 6.00. The molecule has 20 heavy (non-hydrogen) atoms. The van der Waals surface area contributed by atoms with E-state index in [1.807, 2.05) is 6.20 Å². The van der Waals surface area contributed by atoms with E-state index >= 15 is 0 Å². The zero-order valence-electron chi connectivity index (χ0n) is 12.7. The topological polar surface area (TPSA) is 24.9 Å². The van der Waals surface area contributed by atoms with Crippen LogP contribution in [0.2, 0.25) is 0 Å². The van der Waals surface area contributed by atoms with Crippen LogP contribution in [0.15, 0.2) is 36.5 Å². The van der Waals surface area contributed by atoms with Crippen molar-refractivity contribution in [3.05, 3.63) is 42.1 Å². The van der Waals surface area contributed by atoms with Crippen LogP contribution in [0, 0.1) is 0 Å². The number of nitrogens with one attached hydrogen (secondary N) is 1. The van der Waals surface area contributed by atoms with Gasteiger partial charge in [-0.25, -0.2) is 0 Å². The SMILES string of the molecule is CCCCCCCC(NC)c1ccnc2ccccc12. The lowest BCUT2D eigenvalue weighted by atomic mass is 9.97. The van der Waals surface area contributed by atoms with E-state index in [0.717, 1.165) is 5.52 Å². The maximum Gasteiger partial charge on any atom is 0.0705 e. The maximum atomic E-state index is 4.45. The smallest absolute Gasteiger partial charge is 0.0705 e. The number of benzene rings is 1. The molecule has 0 spiro atoms. The maximum absolute atomic E-state index is 4.45. The summed E-state index contributed by atoms with van der Waals surface area (Å²) in [5.41, 5.74) is 2.48. The van der Waals surface area contributed by atoms with E-state index in [2.05, 4.69) is 54.6 Å². The van der Waals surface area contributed by atoms with Gasteiger partial charge in [-0.05, 0) is 31.2 Å². The molecule has 1 heterocycles. The zero-order chi connectivity index (χ0) is 14.2. The lowest BCUT2D eigenvalue weighted by Gasteiger charge is -2.18. The Bertz CT molecular complexity index is 516. The molecule has 2 nitrogen and oxygen atoms in total. The number of hydrogen-bond acceptors (Lipinski definition) is 2. The van der Waals surface area contributed by atoms with Crippen molar-refractivity contribution in [3.8, 4) is 0 Å². The van der Waals surface area contributed by atoms with Gasteiger partial charge in [-0.3, -0.25) is 4.98 Å². The van der Waals surface area contributed by atoms with Gasteiger partial charge in [-0.1, -0.05) is 57.2 Å². The highest BCUT2D eigenvalue weighted by Crippen LogP contribution is 2.26. The molecular weight excluding hydrogens is 244 g/mol. The molecule has 2 heteroatoms. The Morgan fingerprint density at radius 3 is 2.65 bits per heavy atom. The van der Waals surface area contributed by atoms with E-state index in [9.17, 15) is 0 Å². The van der Waals surface area contributed by atoms with Crippen LogP contribution >= 0.6 is 0 Å². The lowest BCUT2D eigenvalue weighted by Crippen LogP contribution is -2.16. The van der Waals surface area contributed by atoms with Gasteiger partial charge in [0.25, 0.3) is 0 Å². The summed E-state index contributed by atoms with van der Waals surface area (Å²) in [6.07, 6.45) is 9.81. The molecule has 0 bridgehead atoms. The van der Waals surface area contributed by atoms with Gasteiger partial charge in [0.05, 0.1) is 5.52 Å². The monoisotopic (exact) mass is 270 g/mol. The average Bonchev–Trinajstić information content (AvgIpc) is 2.51. The van der Waals surface area contributed by atoms with Crippen LogP contribution in [0.1, 0.15) is 57.1 Å². The van der Waals surface area contributed by atoms with Crippen molar-refractivity contribution in [3.63, 3.8) is 0 Å². The van der Waals surface area contributed by atoms with Gasteiger partial charge in [0.15, 0.2) is 0 Å². The summed E-state index contributed by atoms with van der Waals surface area (Å²) in [6.45, 7) is 2.26. The molecule has 0 fully saturated rings. The molecular formula is C18H26N2. The van der Waals surface area contributed by atoms with Crippen LogP contribution in [0.4, 0.5) is 0 Å². The summed E-state index contributed by atoms with van der Waals surface area (Å²) >= 11 is 0. The van der Waals surface area contributed by atoms with Crippen molar-refractivity contribution >= 4 is 10.9 Å². The van der Waals surface area contributed by atoms with Gasteiger partial charge in [-0.2, -0.15) is 0 Å². The fraction of sp³-hybridized carbons (Fsp3) is 0.500. The van der Waals surface area contributed by atoms with E-state index in [1.54, 1.807) is 0 Å². The molecule has 1 aromatic carbocycles. The van der Waals surface area contributed by atoms with Crippen LogP contribution < -0.4 is 5.32 Å². The predicted molar refractivity (Wildman–Crippen MR) is 86.9 cm³/mol. The summed E-state index contributed by atoms with van der Waals surface area (Å²) in [7, 11) is 2.06. The molecule has 1 unspecified atom stereocenters. The van der Waals surface area contributed by atoms with Crippen LogP contribution in [0.3, 0.4) is 0 Å². The van der Waals surface area contributed by atoms with E-state index in [1.165, 1.54) is 49.5 Å². The molecule has 1 N–H and O–H groups in total. The summed E-state index contributed by atoms with van der Waals surface area (Å²) < 4.78 is 0. The lowest BCUT2D eigenvalue weighted by molar-refractivity contribution is 0.503. The van der Waals surface area contributed by atoms with Gasteiger partial charge in [0, 0.05) is 17.6 Å². The predicted octanol–water partition coefficient (Wildman–Crippen LogP) is 4.86. The highest BCUT2D eigenvalue weighted by Gasteiger charge is 2.12. The fourth-order valence-corrected chi connectivity index (χ4v) is 2.83. The Labute approximate surface area is 122 Å². The Hall–Kier alpha value is -1.41.